The molecule has 2 aromatic carbocycles. The third kappa shape index (κ3) is 3.02. The molecule has 9 nitrogen and oxygen atoms in total. The fourth-order valence-electron chi connectivity index (χ4n) is 3.53. The normalized spacial score (nSPS) is 19.1. The van der Waals surface area contributed by atoms with E-state index in [1.54, 1.807) is 19.2 Å². The predicted octanol–water partition coefficient (Wildman–Crippen LogP) is 2.91. The van der Waals surface area contributed by atoms with Gasteiger partial charge in [0.2, 0.25) is 0 Å². The number of aromatic hydroxyl groups is 1. The van der Waals surface area contributed by atoms with Crippen molar-refractivity contribution in [1.29, 1.82) is 0 Å². The van der Waals surface area contributed by atoms with Crippen LogP contribution >= 0.6 is 0 Å². The number of sulfonamides is 1. The Kier molecular flexibility index (Phi) is 4.10. The van der Waals surface area contributed by atoms with E-state index < -0.39 is 16.3 Å². The van der Waals surface area contributed by atoms with E-state index >= 15 is 0 Å². The minimum absolute atomic E-state index is 0.0207. The van der Waals surface area contributed by atoms with Gasteiger partial charge in [-0.3, -0.25) is 9.52 Å². The number of H-pyrrole nitrogens is 2. The number of pyridine rings is 1. The molecule has 0 bridgehead atoms. The van der Waals surface area contributed by atoms with Gasteiger partial charge in [0.1, 0.15) is 11.3 Å². The molecule has 0 amide bonds. The summed E-state index contributed by atoms with van der Waals surface area (Å²) in [5.74, 6) is 0.0322. The van der Waals surface area contributed by atoms with Gasteiger partial charge in [0, 0.05) is 33.7 Å². The van der Waals surface area contributed by atoms with Crippen LogP contribution in [0.3, 0.4) is 0 Å². The van der Waals surface area contributed by atoms with Crippen LogP contribution in [-0.2, 0) is 19.5 Å². The summed E-state index contributed by atoms with van der Waals surface area (Å²) < 4.78 is 39.4. The molecule has 2 aromatic heterocycles. The molecule has 4 N–H and O–H groups in total. The Bertz CT molecular complexity index is 1430. The van der Waals surface area contributed by atoms with Gasteiger partial charge >= 0.3 is 0 Å². The van der Waals surface area contributed by atoms with Crippen LogP contribution in [0.1, 0.15) is 18.8 Å². The Morgan fingerprint density at radius 1 is 1.10 bits per heavy atom. The van der Waals surface area contributed by atoms with Crippen molar-refractivity contribution in [1.82, 2.24) is 9.97 Å². The molecule has 0 saturated carbocycles. The van der Waals surface area contributed by atoms with E-state index in [0.29, 0.717) is 33.1 Å². The lowest BCUT2D eigenvalue weighted by Gasteiger charge is -2.33. The average molecular weight is 427 g/mol. The van der Waals surface area contributed by atoms with Crippen LogP contribution in [0.5, 0.6) is 5.75 Å². The Labute approximate surface area is 170 Å². The van der Waals surface area contributed by atoms with Crippen LogP contribution in [0.15, 0.2) is 58.4 Å². The third-order valence-corrected chi connectivity index (χ3v) is 6.34. The molecule has 10 heteroatoms. The molecule has 0 atom stereocenters. The van der Waals surface area contributed by atoms with E-state index in [1.807, 2.05) is 0 Å². The van der Waals surface area contributed by atoms with Gasteiger partial charge in [0.15, 0.2) is 12.6 Å². The zero-order valence-electron chi connectivity index (χ0n) is 15.7. The molecule has 0 unspecified atom stereocenters. The number of rotatable bonds is 4. The highest BCUT2D eigenvalue weighted by Crippen LogP contribution is 2.37. The quantitative estimate of drug-likeness (QED) is 0.370. The number of fused-ring (bicyclic) bond motifs is 3. The first-order chi connectivity index (χ1) is 14.3. The zero-order chi connectivity index (χ0) is 21.0. The first kappa shape index (κ1) is 18.7. The van der Waals surface area contributed by atoms with Crippen LogP contribution < -0.4 is 10.3 Å². The van der Waals surface area contributed by atoms with E-state index in [2.05, 4.69) is 14.7 Å². The number of phenols is 1. The van der Waals surface area contributed by atoms with Crippen molar-refractivity contribution in [2.45, 2.75) is 24.4 Å². The highest BCUT2D eigenvalue weighted by atomic mass is 32.2. The van der Waals surface area contributed by atoms with Gasteiger partial charge in [-0.15, -0.1) is 0 Å². The van der Waals surface area contributed by atoms with E-state index in [-0.39, 0.29) is 22.5 Å². The highest BCUT2D eigenvalue weighted by molar-refractivity contribution is 7.92. The topological polar surface area (TPSA) is 134 Å². The predicted molar refractivity (Wildman–Crippen MR) is 110 cm³/mol. The van der Waals surface area contributed by atoms with Gasteiger partial charge in [0.25, 0.3) is 15.6 Å². The van der Waals surface area contributed by atoms with Crippen molar-refractivity contribution in [3.8, 4) is 5.75 Å². The second-order valence-electron chi connectivity index (χ2n) is 6.98. The molecule has 1 aliphatic rings. The molecule has 30 heavy (non-hydrogen) atoms. The molecular formula is C20H17N3O6S. The third-order valence-electron chi connectivity index (χ3n) is 4.96. The molecule has 4 aromatic rings. The fourth-order valence-corrected chi connectivity index (χ4v) is 4.62. The van der Waals surface area contributed by atoms with Gasteiger partial charge in [-0.05, 0) is 49.4 Å². The largest absolute Gasteiger partial charge is 0.508 e. The van der Waals surface area contributed by atoms with Crippen molar-refractivity contribution >= 4 is 37.5 Å². The maximum atomic E-state index is 12.9. The standard InChI is InChI=1S/C20H17N3O6S/c1-10-28-20(29-10)15-9-21-18-17(15)14-8-13(6-7-16(14)22-19(18)25)30(26,27)23-11-2-4-12(24)5-3-11/h2-10,20-21,23-24H,1H3,(H,22,25). The highest BCUT2D eigenvalue weighted by Gasteiger charge is 2.31. The minimum atomic E-state index is -3.91. The first-order valence-corrected chi connectivity index (χ1v) is 10.6. The Morgan fingerprint density at radius 3 is 2.53 bits per heavy atom. The van der Waals surface area contributed by atoms with E-state index in [9.17, 15) is 18.3 Å². The molecule has 154 valence electrons. The number of nitrogens with one attached hydrogen (secondary N) is 3. The van der Waals surface area contributed by atoms with Crippen LogP contribution in [0.4, 0.5) is 5.69 Å². The molecule has 0 spiro atoms. The van der Waals surface area contributed by atoms with Gasteiger partial charge < -0.3 is 24.5 Å². The smallest absolute Gasteiger partial charge is 0.272 e. The monoisotopic (exact) mass is 427 g/mol. The Hall–Kier alpha value is -3.34. The molecule has 0 radical (unpaired) electrons. The Morgan fingerprint density at radius 2 is 1.83 bits per heavy atom. The lowest BCUT2D eigenvalue weighted by molar-refractivity contribution is -0.382. The summed E-state index contributed by atoms with van der Waals surface area (Å²) in [4.78, 5) is 18.1. The summed E-state index contributed by atoms with van der Waals surface area (Å²) in [6.07, 6.45) is 0.652. The minimum Gasteiger partial charge on any atom is -0.508 e. The molecular weight excluding hydrogens is 410 g/mol. The summed E-state index contributed by atoms with van der Waals surface area (Å²) in [5, 5.41) is 10.5. The number of aromatic nitrogens is 2. The lowest BCUT2D eigenvalue weighted by Crippen LogP contribution is -2.31. The van der Waals surface area contributed by atoms with Gasteiger partial charge in [0.05, 0.1) is 4.90 Å². The maximum Gasteiger partial charge on any atom is 0.272 e. The van der Waals surface area contributed by atoms with Crippen LogP contribution in [0.2, 0.25) is 0 Å². The van der Waals surface area contributed by atoms with E-state index in [1.165, 1.54) is 36.4 Å². The number of aromatic amines is 2. The molecule has 5 rings (SSSR count). The van der Waals surface area contributed by atoms with Gasteiger partial charge in [-0.1, -0.05) is 0 Å². The van der Waals surface area contributed by atoms with Crippen LogP contribution in [-0.4, -0.2) is 29.8 Å². The SMILES string of the molecule is CC1OC(c2c[nH]c3c(=O)[nH]c4ccc(S(=O)(=O)Nc5ccc(O)cc5)cc4c23)O1. The molecule has 1 saturated heterocycles. The van der Waals surface area contributed by atoms with Crippen molar-refractivity contribution in [3.05, 3.63) is 64.6 Å². The average Bonchev–Trinajstić information content (AvgIpc) is 3.12. The summed E-state index contributed by atoms with van der Waals surface area (Å²) in [6.45, 7) is 1.76. The lowest BCUT2D eigenvalue weighted by atomic mass is 10.1. The van der Waals surface area contributed by atoms with Gasteiger partial charge in [-0.25, -0.2) is 8.42 Å². The summed E-state index contributed by atoms with van der Waals surface area (Å²) in [6, 6.07) is 10.1. The van der Waals surface area contributed by atoms with Crippen molar-refractivity contribution in [2.75, 3.05) is 4.72 Å². The number of ether oxygens (including phenoxy) is 2. The number of anilines is 1. The number of phenolic OH excluding ortho intramolecular Hbond substituents is 1. The molecule has 3 heterocycles. The summed E-state index contributed by atoms with van der Waals surface area (Å²) in [7, 11) is -3.91. The van der Waals surface area contributed by atoms with Gasteiger partial charge in [-0.2, -0.15) is 0 Å². The molecule has 1 aliphatic heterocycles. The maximum absolute atomic E-state index is 12.9. The van der Waals surface area contributed by atoms with E-state index in [0.717, 1.165) is 0 Å². The molecule has 0 aliphatic carbocycles. The van der Waals surface area contributed by atoms with E-state index in [4.69, 9.17) is 9.47 Å². The fraction of sp³-hybridized carbons (Fsp3) is 0.150. The van der Waals surface area contributed by atoms with Crippen molar-refractivity contribution in [3.63, 3.8) is 0 Å². The first-order valence-electron chi connectivity index (χ1n) is 9.11. The second-order valence-corrected chi connectivity index (χ2v) is 8.66. The van der Waals surface area contributed by atoms with Crippen molar-refractivity contribution in [2.24, 2.45) is 0 Å². The second kappa shape index (κ2) is 6.59. The summed E-state index contributed by atoms with van der Waals surface area (Å²) in [5.41, 5.74) is 1.41. The number of benzene rings is 2. The Balaban J connectivity index is 1.65. The van der Waals surface area contributed by atoms with Crippen LogP contribution in [0, 0.1) is 0 Å². The zero-order valence-corrected chi connectivity index (χ0v) is 16.5. The number of hydrogen-bond acceptors (Lipinski definition) is 6. The van der Waals surface area contributed by atoms with Crippen LogP contribution in [0.25, 0.3) is 21.8 Å². The summed E-state index contributed by atoms with van der Waals surface area (Å²) >= 11 is 0. The molecule has 1 fully saturated rings. The number of hydrogen-bond donors (Lipinski definition) is 4. The van der Waals surface area contributed by atoms with Crippen molar-refractivity contribution < 1.29 is 23.0 Å².